The molecule has 0 amide bonds. The highest BCUT2D eigenvalue weighted by Crippen LogP contribution is 2.34. The molecule has 0 aliphatic heterocycles. The smallest absolute Gasteiger partial charge is 0.0802 e. The highest BCUT2D eigenvalue weighted by Gasteiger charge is 2.08. The summed E-state index contributed by atoms with van der Waals surface area (Å²) >= 11 is 3.50. The molecule has 0 fully saturated rings. The summed E-state index contributed by atoms with van der Waals surface area (Å²) in [5.41, 5.74) is 4.35. The average molecular weight is 371 g/mol. The lowest BCUT2D eigenvalue weighted by atomic mass is 10.1. The summed E-state index contributed by atoms with van der Waals surface area (Å²) in [7, 11) is 0. The molecule has 4 heterocycles. The largest absolute Gasteiger partial charge is 0.255 e. The van der Waals surface area contributed by atoms with Crippen molar-refractivity contribution in [2.24, 2.45) is 0 Å². The van der Waals surface area contributed by atoms with E-state index in [9.17, 15) is 0 Å². The van der Waals surface area contributed by atoms with Gasteiger partial charge in [-0.3, -0.25) is 9.97 Å². The van der Waals surface area contributed by atoms with Gasteiger partial charge >= 0.3 is 0 Å². The van der Waals surface area contributed by atoms with Gasteiger partial charge in [0.2, 0.25) is 0 Å². The Morgan fingerprint density at radius 1 is 0.692 bits per heavy atom. The first-order chi connectivity index (χ1) is 12.9. The molecule has 0 bridgehead atoms. The van der Waals surface area contributed by atoms with E-state index in [-0.39, 0.29) is 0 Å². The number of nitrogens with zero attached hydrogens (tertiary/aromatic N) is 2. The Hall–Kier alpha value is -2.82. The number of pyridine rings is 2. The molecule has 0 radical (unpaired) electrons. The van der Waals surface area contributed by atoms with Gasteiger partial charge in [-0.05, 0) is 52.7 Å². The lowest BCUT2D eigenvalue weighted by molar-refractivity contribution is 1.34. The Morgan fingerprint density at radius 2 is 1.58 bits per heavy atom. The Labute approximate surface area is 159 Å². The van der Waals surface area contributed by atoms with Gasteiger partial charge in [0, 0.05) is 22.7 Å². The molecule has 0 aliphatic rings. The van der Waals surface area contributed by atoms with Gasteiger partial charge in [-0.1, -0.05) is 30.3 Å². The standard InChI is InChI=1S/C22H14N2S2/c1-2-7-20-15(5-1)11-22(26-20)19-9-8-16(13-24-19)17-12-21(25-14-17)18-6-3-4-10-23-18/h1-14H. The van der Waals surface area contributed by atoms with Gasteiger partial charge in [0.1, 0.15) is 0 Å². The van der Waals surface area contributed by atoms with Gasteiger partial charge in [-0.2, -0.15) is 0 Å². The van der Waals surface area contributed by atoms with Gasteiger partial charge in [0.05, 0.1) is 21.1 Å². The molecule has 0 aliphatic carbocycles. The second-order valence-corrected chi connectivity index (χ2v) is 7.99. The van der Waals surface area contributed by atoms with E-state index < -0.39 is 0 Å². The van der Waals surface area contributed by atoms with Crippen molar-refractivity contribution >= 4 is 32.8 Å². The molecule has 0 atom stereocenters. The van der Waals surface area contributed by atoms with Crippen molar-refractivity contribution in [1.29, 1.82) is 0 Å². The van der Waals surface area contributed by atoms with Crippen LogP contribution in [0.25, 0.3) is 42.4 Å². The number of aromatic nitrogens is 2. The molecular formula is C22H14N2S2. The normalized spacial score (nSPS) is 11.1. The first kappa shape index (κ1) is 15.4. The van der Waals surface area contributed by atoms with Crippen molar-refractivity contribution in [2.45, 2.75) is 0 Å². The molecule has 124 valence electrons. The topological polar surface area (TPSA) is 25.8 Å². The van der Waals surface area contributed by atoms with Crippen LogP contribution in [-0.4, -0.2) is 9.97 Å². The monoisotopic (exact) mass is 370 g/mol. The summed E-state index contributed by atoms with van der Waals surface area (Å²) in [6.45, 7) is 0. The third-order valence-corrected chi connectivity index (χ3v) is 6.38. The van der Waals surface area contributed by atoms with Crippen molar-refractivity contribution in [1.82, 2.24) is 9.97 Å². The second kappa shape index (κ2) is 6.48. The SMILES string of the molecule is c1ccc(-c2cc(-c3ccc(-c4cc5ccccc5s4)nc3)cs2)nc1. The van der Waals surface area contributed by atoms with Gasteiger partial charge in [-0.15, -0.1) is 22.7 Å². The molecule has 1 aromatic carbocycles. The van der Waals surface area contributed by atoms with Crippen LogP contribution in [0.1, 0.15) is 0 Å². The zero-order valence-corrected chi connectivity index (χ0v) is 15.4. The Bertz CT molecular complexity index is 1140. The number of fused-ring (bicyclic) bond motifs is 1. The van der Waals surface area contributed by atoms with Crippen LogP contribution in [0, 0.1) is 0 Å². The predicted molar refractivity (Wildman–Crippen MR) is 112 cm³/mol. The fraction of sp³-hybridized carbons (Fsp3) is 0. The second-order valence-electron chi connectivity index (χ2n) is 6.00. The maximum Gasteiger partial charge on any atom is 0.0802 e. The Morgan fingerprint density at radius 3 is 2.38 bits per heavy atom. The van der Waals surface area contributed by atoms with Crippen molar-refractivity contribution in [3.8, 4) is 32.3 Å². The van der Waals surface area contributed by atoms with E-state index in [2.05, 4.69) is 58.9 Å². The van der Waals surface area contributed by atoms with Crippen LogP contribution >= 0.6 is 22.7 Å². The molecule has 5 aromatic rings. The maximum absolute atomic E-state index is 4.70. The number of hydrogen-bond donors (Lipinski definition) is 0. The Kier molecular flexibility index (Phi) is 3.85. The minimum Gasteiger partial charge on any atom is -0.255 e. The van der Waals surface area contributed by atoms with E-state index in [1.807, 2.05) is 30.6 Å². The lowest BCUT2D eigenvalue weighted by Crippen LogP contribution is -1.81. The summed E-state index contributed by atoms with van der Waals surface area (Å²) in [6, 6.07) is 23.1. The third kappa shape index (κ3) is 2.83. The minimum atomic E-state index is 1.01. The van der Waals surface area contributed by atoms with E-state index in [0.717, 1.165) is 17.0 Å². The van der Waals surface area contributed by atoms with E-state index in [0.29, 0.717) is 0 Å². The summed E-state index contributed by atoms with van der Waals surface area (Å²) in [5, 5.41) is 3.44. The van der Waals surface area contributed by atoms with Gasteiger partial charge < -0.3 is 0 Å². The third-order valence-electron chi connectivity index (χ3n) is 4.29. The van der Waals surface area contributed by atoms with Crippen LogP contribution in [0.4, 0.5) is 0 Å². The fourth-order valence-electron chi connectivity index (χ4n) is 2.95. The number of benzene rings is 1. The molecule has 26 heavy (non-hydrogen) atoms. The number of rotatable bonds is 3. The number of thiophene rings is 2. The van der Waals surface area contributed by atoms with Gasteiger partial charge in [0.25, 0.3) is 0 Å². The first-order valence-electron chi connectivity index (χ1n) is 8.32. The quantitative estimate of drug-likeness (QED) is 0.351. The highest BCUT2D eigenvalue weighted by molar-refractivity contribution is 7.22. The van der Waals surface area contributed by atoms with E-state index in [4.69, 9.17) is 4.98 Å². The molecule has 0 spiro atoms. The summed E-state index contributed by atoms with van der Waals surface area (Å²) in [6.07, 6.45) is 3.79. The van der Waals surface area contributed by atoms with Crippen LogP contribution in [0.3, 0.4) is 0 Å². The van der Waals surface area contributed by atoms with Crippen molar-refractivity contribution < 1.29 is 0 Å². The summed E-state index contributed by atoms with van der Waals surface area (Å²) in [5.74, 6) is 0. The van der Waals surface area contributed by atoms with Crippen LogP contribution < -0.4 is 0 Å². The van der Waals surface area contributed by atoms with Gasteiger partial charge in [0.15, 0.2) is 0 Å². The summed E-state index contributed by atoms with van der Waals surface area (Å²) < 4.78 is 1.30. The van der Waals surface area contributed by atoms with E-state index in [1.165, 1.54) is 25.4 Å². The van der Waals surface area contributed by atoms with Gasteiger partial charge in [-0.25, -0.2) is 0 Å². The van der Waals surface area contributed by atoms with Crippen molar-refractivity contribution in [2.75, 3.05) is 0 Å². The molecule has 4 heteroatoms. The molecule has 5 rings (SSSR count). The van der Waals surface area contributed by atoms with E-state index in [1.54, 1.807) is 22.7 Å². The van der Waals surface area contributed by atoms with Crippen molar-refractivity contribution in [3.05, 3.63) is 84.5 Å². The van der Waals surface area contributed by atoms with Crippen LogP contribution in [0.2, 0.25) is 0 Å². The minimum absolute atomic E-state index is 1.01. The molecule has 4 aromatic heterocycles. The maximum atomic E-state index is 4.70. The van der Waals surface area contributed by atoms with Crippen LogP contribution in [0.5, 0.6) is 0 Å². The van der Waals surface area contributed by atoms with Crippen molar-refractivity contribution in [3.63, 3.8) is 0 Å². The number of hydrogen-bond acceptors (Lipinski definition) is 4. The molecule has 0 N–H and O–H groups in total. The molecule has 0 saturated carbocycles. The molecular weight excluding hydrogens is 356 g/mol. The zero-order chi connectivity index (χ0) is 17.3. The summed E-state index contributed by atoms with van der Waals surface area (Å²) in [4.78, 5) is 11.5. The first-order valence-corrected chi connectivity index (χ1v) is 10.0. The molecule has 0 saturated heterocycles. The predicted octanol–water partition coefficient (Wildman–Crippen LogP) is 6.75. The molecule has 0 unspecified atom stereocenters. The van der Waals surface area contributed by atoms with Crippen LogP contribution in [0.15, 0.2) is 84.5 Å². The average Bonchev–Trinajstić information content (AvgIpc) is 3.36. The zero-order valence-electron chi connectivity index (χ0n) is 13.8. The fourth-order valence-corrected chi connectivity index (χ4v) is 4.88. The van der Waals surface area contributed by atoms with E-state index >= 15 is 0 Å². The Balaban J connectivity index is 1.46. The highest BCUT2D eigenvalue weighted by atomic mass is 32.1. The van der Waals surface area contributed by atoms with Crippen LogP contribution in [-0.2, 0) is 0 Å². The lowest BCUT2D eigenvalue weighted by Gasteiger charge is -2.00. The molecule has 2 nitrogen and oxygen atoms in total.